The molecular weight excluding hydrogens is 324 g/mol. The molecule has 0 saturated carbocycles. The Labute approximate surface area is 124 Å². The maximum atomic E-state index is 10.8. The Bertz CT molecular complexity index is 632. The Balaban J connectivity index is 2.31. The first kappa shape index (κ1) is 14.5. The largest absolute Gasteiger partial charge is 0.457 e. The monoisotopic (exact) mass is 336 g/mol. The molecule has 0 heterocycles. The number of benzene rings is 2. The predicted octanol–water partition coefficient (Wildman–Crippen LogP) is 3.87. The second kappa shape index (κ2) is 6.49. The lowest BCUT2D eigenvalue weighted by atomic mass is 10.2. The van der Waals surface area contributed by atoms with E-state index in [1.807, 2.05) is 25.2 Å². The topological polar surface area (TPSA) is 64.4 Å². The minimum Gasteiger partial charge on any atom is -0.457 e. The van der Waals surface area contributed by atoms with Gasteiger partial charge in [0.15, 0.2) is 0 Å². The zero-order valence-corrected chi connectivity index (χ0v) is 12.4. The van der Waals surface area contributed by atoms with Crippen LogP contribution in [0.15, 0.2) is 46.9 Å². The summed E-state index contributed by atoms with van der Waals surface area (Å²) >= 11 is 3.39. The fraction of sp³-hybridized carbons (Fsp3) is 0.143. The Kier molecular flexibility index (Phi) is 4.70. The number of nitro benzene ring substituents is 1. The van der Waals surface area contributed by atoms with Gasteiger partial charge in [0.1, 0.15) is 11.5 Å². The highest BCUT2D eigenvalue weighted by Crippen LogP contribution is 2.30. The van der Waals surface area contributed by atoms with Gasteiger partial charge in [0.05, 0.1) is 11.0 Å². The van der Waals surface area contributed by atoms with E-state index in [1.54, 1.807) is 12.1 Å². The third-order valence-electron chi connectivity index (χ3n) is 2.65. The summed E-state index contributed by atoms with van der Waals surface area (Å²) in [5, 5.41) is 13.8. The van der Waals surface area contributed by atoms with E-state index >= 15 is 0 Å². The van der Waals surface area contributed by atoms with Crippen molar-refractivity contribution >= 4 is 21.6 Å². The molecule has 0 bridgehead atoms. The first-order valence-electron chi connectivity index (χ1n) is 5.95. The van der Waals surface area contributed by atoms with Crippen molar-refractivity contribution in [3.63, 3.8) is 0 Å². The molecule has 0 saturated heterocycles. The van der Waals surface area contributed by atoms with Crippen molar-refractivity contribution in [3.8, 4) is 11.5 Å². The van der Waals surface area contributed by atoms with Crippen LogP contribution in [0.4, 0.5) is 5.69 Å². The van der Waals surface area contributed by atoms with Crippen LogP contribution >= 0.6 is 15.9 Å². The molecule has 20 heavy (non-hydrogen) atoms. The maximum absolute atomic E-state index is 10.8. The average Bonchev–Trinajstić information content (AvgIpc) is 2.42. The lowest BCUT2D eigenvalue weighted by Gasteiger charge is -2.11. The third-order valence-corrected chi connectivity index (χ3v) is 3.15. The van der Waals surface area contributed by atoms with E-state index in [0.717, 1.165) is 10.0 Å². The van der Waals surface area contributed by atoms with E-state index in [0.29, 0.717) is 18.0 Å². The Hall–Kier alpha value is -1.92. The molecule has 0 aliphatic rings. The zero-order chi connectivity index (χ0) is 14.5. The molecule has 0 spiro atoms. The number of nitrogens with zero attached hydrogens (tertiary/aromatic N) is 1. The molecule has 0 fully saturated rings. The first-order chi connectivity index (χ1) is 9.60. The molecule has 0 radical (unpaired) electrons. The second-order valence-electron chi connectivity index (χ2n) is 4.14. The van der Waals surface area contributed by atoms with Crippen LogP contribution in [0.25, 0.3) is 0 Å². The highest BCUT2D eigenvalue weighted by molar-refractivity contribution is 9.10. The highest BCUT2D eigenvalue weighted by Gasteiger charge is 2.09. The van der Waals surface area contributed by atoms with E-state index in [9.17, 15) is 10.1 Å². The van der Waals surface area contributed by atoms with E-state index in [4.69, 9.17) is 4.74 Å². The van der Waals surface area contributed by atoms with Crippen LogP contribution < -0.4 is 10.1 Å². The van der Waals surface area contributed by atoms with Crippen molar-refractivity contribution in [2.75, 3.05) is 7.05 Å². The van der Waals surface area contributed by atoms with Crippen molar-refractivity contribution in [1.82, 2.24) is 5.32 Å². The number of hydrogen-bond acceptors (Lipinski definition) is 4. The Morgan fingerprint density at radius 2 is 2.10 bits per heavy atom. The first-order valence-corrected chi connectivity index (χ1v) is 6.75. The van der Waals surface area contributed by atoms with Gasteiger partial charge >= 0.3 is 0 Å². The standard InChI is InChI=1S/C14H13BrN2O3/c1-16-9-10-5-6-11(15)7-14(10)20-13-4-2-3-12(8-13)17(18)19/h2-8,16H,9H2,1H3. The molecule has 0 aliphatic carbocycles. The lowest BCUT2D eigenvalue weighted by Crippen LogP contribution is -2.06. The predicted molar refractivity (Wildman–Crippen MR) is 80.1 cm³/mol. The number of halogens is 1. The number of hydrogen-bond donors (Lipinski definition) is 1. The van der Waals surface area contributed by atoms with Gasteiger partial charge in [-0.15, -0.1) is 0 Å². The van der Waals surface area contributed by atoms with Gasteiger partial charge in [0.2, 0.25) is 0 Å². The Morgan fingerprint density at radius 3 is 2.80 bits per heavy atom. The lowest BCUT2D eigenvalue weighted by molar-refractivity contribution is -0.384. The second-order valence-corrected chi connectivity index (χ2v) is 5.05. The summed E-state index contributed by atoms with van der Waals surface area (Å²) in [4.78, 5) is 10.3. The van der Waals surface area contributed by atoms with Crippen molar-refractivity contribution < 1.29 is 9.66 Å². The van der Waals surface area contributed by atoms with Crippen molar-refractivity contribution in [1.29, 1.82) is 0 Å². The number of nitrogens with one attached hydrogen (secondary N) is 1. The van der Waals surface area contributed by atoms with Gasteiger partial charge in [-0.3, -0.25) is 10.1 Å². The minimum absolute atomic E-state index is 0.00710. The van der Waals surface area contributed by atoms with Crippen LogP contribution in [-0.4, -0.2) is 12.0 Å². The molecule has 6 heteroatoms. The normalized spacial score (nSPS) is 10.3. The Morgan fingerprint density at radius 1 is 1.30 bits per heavy atom. The van der Waals surface area contributed by atoms with Crippen LogP contribution in [0.2, 0.25) is 0 Å². The smallest absolute Gasteiger partial charge is 0.273 e. The number of rotatable bonds is 5. The van der Waals surface area contributed by atoms with Crippen LogP contribution in [-0.2, 0) is 6.54 Å². The summed E-state index contributed by atoms with van der Waals surface area (Å²) in [6.07, 6.45) is 0. The maximum Gasteiger partial charge on any atom is 0.273 e. The molecule has 0 amide bonds. The molecule has 2 rings (SSSR count). The van der Waals surface area contributed by atoms with Gasteiger partial charge < -0.3 is 10.1 Å². The van der Waals surface area contributed by atoms with E-state index in [-0.39, 0.29) is 5.69 Å². The molecule has 0 aromatic heterocycles. The van der Waals surface area contributed by atoms with E-state index < -0.39 is 4.92 Å². The van der Waals surface area contributed by atoms with Crippen LogP contribution in [0.3, 0.4) is 0 Å². The molecule has 0 aliphatic heterocycles. The zero-order valence-electron chi connectivity index (χ0n) is 10.8. The van der Waals surface area contributed by atoms with E-state index in [1.165, 1.54) is 12.1 Å². The number of ether oxygens (including phenoxy) is 1. The number of non-ortho nitro benzene ring substituents is 1. The van der Waals surface area contributed by atoms with Crippen molar-refractivity contribution in [2.45, 2.75) is 6.54 Å². The van der Waals surface area contributed by atoms with Gasteiger partial charge in [-0.2, -0.15) is 0 Å². The molecule has 2 aromatic rings. The van der Waals surface area contributed by atoms with Crippen molar-refractivity contribution in [3.05, 3.63) is 62.6 Å². The molecule has 104 valence electrons. The minimum atomic E-state index is -0.442. The summed E-state index contributed by atoms with van der Waals surface area (Å²) in [6.45, 7) is 0.650. The molecular formula is C14H13BrN2O3. The molecule has 2 aromatic carbocycles. The van der Waals surface area contributed by atoms with Gasteiger partial charge in [-0.25, -0.2) is 0 Å². The van der Waals surface area contributed by atoms with Gasteiger partial charge in [0, 0.05) is 22.6 Å². The molecule has 0 unspecified atom stereocenters. The van der Waals surface area contributed by atoms with Crippen LogP contribution in [0.1, 0.15) is 5.56 Å². The SMILES string of the molecule is CNCc1ccc(Br)cc1Oc1cccc([N+](=O)[O-])c1. The fourth-order valence-corrected chi connectivity index (χ4v) is 2.09. The molecule has 0 atom stereocenters. The van der Waals surface area contributed by atoms with E-state index in [2.05, 4.69) is 21.2 Å². The van der Waals surface area contributed by atoms with Gasteiger partial charge in [-0.1, -0.05) is 28.1 Å². The third kappa shape index (κ3) is 3.55. The quantitative estimate of drug-likeness (QED) is 0.664. The van der Waals surface area contributed by atoms with Crippen LogP contribution in [0, 0.1) is 10.1 Å². The molecule has 5 nitrogen and oxygen atoms in total. The average molecular weight is 337 g/mol. The van der Waals surface area contributed by atoms with Gasteiger partial charge in [-0.05, 0) is 25.2 Å². The number of nitro groups is 1. The summed E-state index contributed by atoms with van der Waals surface area (Å²) in [5.74, 6) is 1.10. The summed E-state index contributed by atoms with van der Waals surface area (Å²) in [6, 6.07) is 11.8. The summed E-state index contributed by atoms with van der Waals surface area (Å²) in [7, 11) is 1.85. The molecule has 1 N–H and O–H groups in total. The van der Waals surface area contributed by atoms with Crippen molar-refractivity contribution in [2.24, 2.45) is 0 Å². The van der Waals surface area contributed by atoms with Gasteiger partial charge in [0.25, 0.3) is 5.69 Å². The van der Waals surface area contributed by atoms with Crippen LogP contribution in [0.5, 0.6) is 11.5 Å². The summed E-state index contributed by atoms with van der Waals surface area (Å²) < 4.78 is 6.65. The highest BCUT2D eigenvalue weighted by atomic mass is 79.9. The fourth-order valence-electron chi connectivity index (χ4n) is 1.75. The summed E-state index contributed by atoms with van der Waals surface area (Å²) in [5.41, 5.74) is 0.981.